The monoisotopic (exact) mass is 416 g/mol. The fourth-order valence-electron chi connectivity index (χ4n) is 3.56. The van der Waals surface area contributed by atoms with Crippen molar-refractivity contribution in [1.29, 1.82) is 0 Å². The minimum atomic E-state index is -0.769. The van der Waals surface area contributed by atoms with E-state index in [1.807, 2.05) is 13.8 Å². The first-order valence-electron chi connectivity index (χ1n) is 9.70. The molecule has 3 rings (SSSR count). The SMILES string of the molecule is CCN(CC)CCN1C(=O)C(=O)/C(=C(/O)c2ccc(Cl)cc2)[C@@H]1c1ccc(C)o1. The van der Waals surface area contributed by atoms with Crippen LogP contribution in [0.4, 0.5) is 0 Å². The summed E-state index contributed by atoms with van der Waals surface area (Å²) < 4.78 is 5.76. The van der Waals surface area contributed by atoms with Crippen molar-refractivity contribution in [3.8, 4) is 0 Å². The average Bonchev–Trinajstić information content (AvgIpc) is 3.24. The maximum absolute atomic E-state index is 12.9. The van der Waals surface area contributed by atoms with Crippen molar-refractivity contribution in [2.75, 3.05) is 26.2 Å². The summed E-state index contributed by atoms with van der Waals surface area (Å²) in [6, 6.07) is 9.23. The van der Waals surface area contributed by atoms with E-state index in [0.29, 0.717) is 35.2 Å². The average molecular weight is 417 g/mol. The van der Waals surface area contributed by atoms with Crippen LogP contribution < -0.4 is 0 Å². The molecule has 1 aromatic carbocycles. The zero-order valence-electron chi connectivity index (χ0n) is 16.8. The van der Waals surface area contributed by atoms with E-state index in [1.54, 1.807) is 43.3 Å². The predicted octanol–water partition coefficient (Wildman–Crippen LogP) is 4.00. The first-order chi connectivity index (χ1) is 13.9. The molecule has 1 fully saturated rings. The molecule has 2 aromatic rings. The Hall–Kier alpha value is -2.57. The van der Waals surface area contributed by atoms with Crippen molar-refractivity contribution < 1.29 is 19.1 Å². The van der Waals surface area contributed by atoms with Gasteiger partial charge in [-0.2, -0.15) is 0 Å². The minimum absolute atomic E-state index is 0.0335. The van der Waals surface area contributed by atoms with Gasteiger partial charge in [-0.25, -0.2) is 0 Å². The van der Waals surface area contributed by atoms with Gasteiger partial charge in [0.1, 0.15) is 23.3 Å². The number of rotatable bonds is 7. The number of hydrogen-bond acceptors (Lipinski definition) is 5. The Kier molecular flexibility index (Phi) is 6.45. The van der Waals surface area contributed by atoms with Crippen LogP contribution in [0.25, 0.3) is 5.76 Å². The standard InChI is InChI=1S/C22H25ClN2O4/c1-4-24(5-2)12-13-25-19(17-11-6-14(3)29-17)18(21(27)22(25)28)20(26)15-7-9-16(23)10-8-15/h6-11,19,26H,4-5,12-13H2,1-3H3/b20-18+/t19-/m0/s1. The number of furan rings is 1. The molecule has 1 saturated heterocycles. The highest BCUT2D eigenvalue weighted by Crippen LogP contribution is 2.39. The van der Waals surface area contributed by atoms with Crippen LogP contribution in [-0.4, -0.2) is 52.8 Å². The number of halogens is 1. The summed E-state index contributed by atoms with van der Waals surface area (Å²) in [4.78, 5) is 29.4. The van der Waals surface area contributed by atoms with Crippen LogP contribution in [0.5, 0.6) is 0 Å². The van der Waals surface area contributed by atoms with Crippen molar-refractivity contribution in [3.05, 3.63) is 64.1 Å². The van der Waals surface area contributed by atoms with E-state index in [4.69, 9.17) is 16.0 Å². The predicted molar refractivity (Wildman–Crippen MR) is 112 cm³/mol. The normalized spacial score (nSPS) is 18.8. The number of hydrogen-bond donors (Lipinski definition) is 1. The highest BCUT2D eigenvalue weighted by atomic mass is 35.5. The Morgan fingerprint density at radius 2 is 1.79 bits per heavy atom. The van der Waals surface area contributed by atoms with E-state index in [9.17, 15) is 14.7 Å². The molecule has 0 radical (unpaired) electrons. The van der Waals surface area contributed by atoms with Gasteiger partial charge in [0.05, 0.1) is 5.57 Å². The van der Waals surface area contributed by atoms with E-state index in [0.717, 1.165) is 13.1 Å². The second kappa shape index (κ2) is 8.84. The highest BCUT2D eigenvalue weighted by Gasteiger charge is 2.47. The molecule has 29 heavy (non-hydrogen) atoms. The molecule has 1 N–H and O–H groups in total. The quantitative estimate of drug-likeness (QED) is 0.419. The summed E-state index contributed by atoms with van der Waals surface area (Å²) in [5.74, 6) is -0.454. The fourth-order valence-corrected chi connectivity index (χ4v) is 3.69. The number of aliphatic hydroxyl groups excluding tert-OH is 1. The van der Waals surface area contributed by atoms with Gasteiger partial charge in [0.15, 0.2) is 0 Å². The zero-order chi connectivity index (χ0) is 21.1. The number of amides is 1. The van der Waals surface area contributed by atoms with E-state index in [1.165, 1.54) is 4.90 Å². The first-order valence-corrected chi connectivity index (χ1v) is 10.1. The molecule has 1 aromatic heterocycles. The molecule has 154 valence electrons. The lowest BCUT2D eigenvalue weighted by atomic mass is 9.99. The fraction of sp³-hybridized carbons (Fsp3) is 0.364. The van der Waals surface area contributed by atoms with Crippen LogP contribution in [0.15, 0.2) is 46.4 Å². The number of benzene rings is 1. The van der Waals surface area contributed by atoms with Gasteiger partial charge in [-0.15, -0.1) is 0 Å². The lowest BCUT2D eigenvalue weighted by Gasteiger charge is -2.26. The van der Waals surface area contributed by atoms with E-state index >= 15 is 0 Å². The Balaban J connectivity index is 2.06. The maximum Gasteiger partial charge on any atom is 0.295 e. The molecule has 1 amide bonds. The largest absolute Gasteiger partial charge is 0.507 e. The van der Waals surface area contributed by atoms with E-state index in [-0.39, 0.29) is 11.3 Å². The molecule has 1 aliphatic rings. The van der Waals surface area contributed by atoms with Crippen molar-refractivity contribution in [2.24, 2.45) is 0 Å². The molecule has 0 saturated carbocycles. The number of Topliss-reactive ketones (excluding diaryl/α,β-unsaturated/α-hetero) is 1. The summed E-state index contributed by atoms with van der Waals surface area (Å²) in [5, 5.41) is 11.4. The number of aryl methyl sites for hydroxylation is 1. The van der Waals surface area contributed by atoms with Gasteiger partial charge in [-0.3, -0.25) is 9.59 Å². The van der Waals surface area contributed by atoms with Crippen LogP contribution in [0.1, 0.15) is 37.0 Å². The third-order valence-corrected chi connectivity index (χ3v) is 5.49. The molecule has 0 unspecified atom stereocenters. The van der Waals surface area contributed by atoms with E-state index in [2.05, 4.69) is 4.90 Å². The van der Waals surface area contributed by atoms with Gasteiger partial charge in [0.2, 0.25) is 0 Å². The third kappa shape index (κ3) is 4.23. The zero-order valence-corrected chi connectivity index (χ0v) is 17.6. The smallest absolute Gasteiger partial charge is 0.295 e. The van der Waals surface area contributed by atoms with Gasteiger partial charge < -0.3 is 19.3 Å². The Bertz CT molecular complexity index is 929. The summed E-state index contributed by atoms with van der Waals surface area (Å²) >= 11 is 5.93. The number of aliphatic hydroxyl groups is 1. The molecular formula is C22H25ClN2O4. The number of ketones is 1. The van der Waals surface area contributed by atoms with E-state index < -0.39 is 17.7 Å². The lowest BCUT2D eigenvalue weighted by Crippen LogP contribution is -2.37. The first kappa shape index (κ1) is 21.1. The number of carbonyl (C=O) groups is 2. The maximum atomic E-state index is 12.9. The van der Waals surface area contributed by atoms with Crippen molar-refractivity contribution in [2.45, 2.75) is 26.8 Å². The summed E-state index contributed by atoms with van der Waals surface area (Å²) in [5.41, 5.74) is 0.454. The van der Waals surface area contributed by atoms with Gasteiger partial charge in [0.25, 0.3) is 11.7 Å². The Labute approximate surface area is 175 Å². The van der Waals surface area contributed by atoms with Crippen molar-refractivity contribution in [3.63, 3.8) is 0 Å². The van der Waals surface area contributed by atoms with Crippen LogP contribution in [0.3, 0.4) is 0 Å². The number of likely N-dealkylation sites (tertiary alicyclic amines) is 1. The van der Waals surface area contributed by atoms with Crippen molar-refractivity contribution in [1.82, 2.24) is 9.80 Å². The van der Waals surface area contributed by atoms with Gasteiger partial charge in [-0.1, -0.05) is 25.4 Å². The number of carbonyl (C=O) groups excluding carboxylic acids is 2. The van der Waals surface area contributed by atoms with Crippen LogP contribution in [0.2, 0.25) is 5.02 Å². The molecule has 0 aliphatic carbocycles. The topological polar surface area (TPSA) is 74.0 Å². The third-order valence-electron chi connectivity index (χ3n) is 5.24. The summed E-state index contributed by atoms with van der Waals surface area (Å²) in [6.45, 7) is 8.55. The molecule has 0 spiro atoms. The minimum Gasteiger partial charge on any atom is -0.507 e. The Morgan fingerprint density at radius 1 is 1.14 bits per heavy atom. The molecule has 1 aliphatic heterocycles. The number of likely N-dealkylation sites (N-methyl/N-ethyl adjacent to an activating group) is 1. The highest BCUT2D eigenvalue weighted by molar-refractivity contribution is 6.46. The second-order valence-corrected chi connectivity index (χ2v) is 7.41. The van der Waals surface area contributed by atoms with Crippen LogP contribution in [-0.2, 0) is 9.59 Å². The van der Waals surface area contributed by atoms with Crippen molar-refractivity contribution >= 4 is 29.1 Å². The Morgan fingerprint density at radius 3 is 2.34 bits per heavy atom. The van der Waals surface area contributed by atoms with Crippen LogP contribution >= 0.6 is 11.6 Å². The van der Waals surface area contributed by atoms with Gasteiger partial charge in [-0.05, 0) is 56.4 Å². The van der Waals surface area contributed by atoms with Gasteiger partial charge in [0, 0.05) is 23.7 Å². The lowest BCUT2D eigenvalue weighted by molar-refractivity contribution is -0.140. The molecular weight excluding hydrogens is 392 g/mol. The molecule has 1 atom stereocenters. The number of nitrogens with zero attached hydrogens (tertiary/aromatic N) is 2. The molecule has 7 heteroatoms. The molecule has 6 nitrogen and oxygen atoms in total. The summed E-state index contributed by atoms with van der Waals surface area (Å²) in [6.07, 6.45) is 0. The second-order valence-electron chi connectivity index (χ2n) is 6.97. The van der Waals surface area contributed by atoms with Gasteiger partial charge >= 0.3 is 0 Å². The molecule has 2 heterocycles. The molecule has 0 bridgehead atoms. The summed E-state index contributed by atoms with van der Waals surface area (Å²) in [7, 11) is 0. The van der Waals surface area contributed by atoms with Crippen LogP contribution in [0, 0.1) is 6.92 Å².